The van der Waals surface area contributed by atoms with Gasteiger partial charge in [-0.1, -0.05) is 24.4 Å². The van der Waals surface area contributed by atoms with Gasteiger partial charge in [-0.25, -0.2) is 8.42 Å². The van der Waals surface area contributed by atoms with E-state index in [2.05, 4.69) is 5.32 Å². The monoisotopic (exact) mass is 402 g/mol. The highest BCUT2D eigenvalue weighted by molar-refractivity contribution is 7.92. The Bertz CT molecular complexity index is 718. The Morgan fingerprint density at radius 1 is 1.35 bits per heavy atom. The molecule has 146 valence electrons. The Labute approximate surface area is 160 Å². The van der Waals surface area contributed by atoms with Crippen LogP contribution >= 0.6 is 11.6 Å². The van der Waals surface area contributed by atoms with E-state index in [4.69, 9.17) is 16.3 Å². The Hall–Kier alpha value is -1.31. The number of hydrogen-bond donors (Lipinski definition) is 1. The molecule has 1 aliphatic rings. The van der Waals surface area contributed by atoms with Gasteiger partial charge >= 0.3 is 0 Å². The van der Waals surface area contributed by atoms with Crippen molar-refractivity contribution in [3.05, 3.63) is 28.8 Å². The van der Waals surface area contributed by atoms with Crippen LogP contribution in [0.1, 0.15) is 37.7 Å². The van der Waals surface area contributed by atoms with Crippen molar-refractivity contribution in [1.29, 1.82) is 0 Å². The van der Waals surface area contributed by atoms with Gasteiger partial charge in [0.2, 0.25) is 15.9 Å². The Morgan fingerprint density at radius 2 is 2.04 bits per heavy atom. The molecular weight excluding hydrogens is 376 g/mol. The lowest BCUT2D eigenvalue weighted by atomic mass is 10.2. The average Bonchev–Trinajstić information content (AvgIpc) is 3.05. The molecule has 8 heteroatoms. The lowest BCUT2D eigenvalue weighted by Crippen LogP contribution is -2.41. The van der Waals surface area contributed by atoms with Gasteiger partial charge in [-0.05, 0) is 49.9 Å². The molecule has 6 nitrogen and oxygen atoms in total. The second kappa shape index (κ2) is 9.58. The van der Waals surface area contributed by atoms with Crippen LogP contribution in [0.4, 0.5) is 5.69 Å². The first-order chi connectivity index (χ1) is 12.3. The number of benzene rings is 1. The van der Waals surface area contributed by atoms with Crippen LogP contribution in [0.5, 0.6) is 0 Å². The van der Waals surface area contributed by atoms with Crippen molar-refractivity contribution in [2.24, 2.45) is 0 Å². The van der Waals surface area contributed by atoms with E-state index in [1.165, 1.54) is 12.8 Å². The first-order valence-corrected chi connectivity index (χ1v) is 11.1. The molecule has 26 heavy (non-hydrogen) atoms. The molecule has 0 spiro atoms. The molecule has 0 saturated heterocycles. The van der Waals surface area contributed by atoms with Crippen molar-refractivity contribution in [2.75, 3.05) is 30.3 Å². The first kappa shape index (κ1) is 21.0. The summed E-state index contributed by atoms with van der Waals surface area (Å²) in [4.78, 5) is 12.2. The van der Waals surface area contributed by atoms with Gasteiger partial charge in [0.05, 0.1) is 18.0 Å². The van der Waals surface area contributed by atoms with Crippen molar-refractivity contribution in [3.8, 4) is 0 Å². The molecule has 1 saturated carbocycles. The summed E-state index contributed by atoms with van der Waals surface area (Å²) in [5.74, 6) is -0.342. The fraction of sp³-hybridized carbons (Fsp3) is 0.611. The summed E-state index contributed by atoms with van der Waals surface area (Å²) in [6, 6.07) is 4.90. The Balaban J connectivity index is 1.84. The summed E-state index contributed by atoms with van der Waals surface area (Å²) < 4.78 is 31.1. The number of halogens is 1. The van der Waals surface area contributed by atoms with E-state index in [0.717, 1.165) is 23.4 Å². The summed E-state index contributed by atoms with van der Waals surface area (Å²) in [6.07, 6.45) is 6.86. The smallest absolute Gasteiger partial charge is 0.240 e. The molecule has 0 atom stereocenters. The molecule has 1 aliphatic carbocycles. The first-order valence-electron chi connectivity index (χ1n) is 8.89. The maximum atomic E-state index is 12.2. The molecule has 0 aromatic heterocycles. The summed E-state index contributed by atoms with van der Waals surface area (Å²) in [5, 5.41) is 3.28. The number of rotatable bonds is 9. The number of ether oxygens (including phenoxy) is 1. The van der Waals surface area contributed by atoms with Crippen LogP contribution in [0.15, 0.2) is 18.2 Å². The van der Waals surface area contributed by atoms with Crippen molar-refractivity contribution in [2.45, 2.75) is 45.1 Å². The highest BCUT2D eigenvalue weighted by Crippen LogP contribution is 2.25. The Morgan fingerprint density at radius 3 is 2.65 bits per heavy atom. The number of carbonyl (C=O) groups is 1. The van der Waals surface area contributed by atoms with Crippen molar-refractivity contribution < 1.29 is 17.9 Å². The zero-order valence-electron chi connectivity index (χ0n) is 15.3. The molecule has 0 bridgehead atoms. The molecule has 1 aromatic rings. The second-order valence-corrected chi connectivity index (χ2v) is 9.02. The number of hydrogen-bond acceptors (Lipinski definition) is 4. The van der Waals surface area contributed by atoms with Gasteiger partial charge in [-0.3, -0.25) is 9.10 Å². The molecule has 1 aromatic carbocycles. The van der Waals surface area contributed by atoms with Gasteiger partial charge < -0.3 is 10.1 Å². The predicted octanol–water partition coefficient (Wildman–Crippen LogP) is 2.88. The number of carbonyl (C=O) groups excluding carboxylic acids is 1. The van der Waals surface area contributed by atoms with E-state index < -0.39 is 10.0 Å². The van der Waals surface area contributed by atoms with E-state index in [0.29, 0.717) is 41.9 Å². The molecule has 0 aliphatic heterocycles. The van der Waals surface area contributed by atoms with Gasteiger partial charge in [0.1, 0.15) is 6.54 Å². The Kier molecular flexibility index (Phi) is 7.73. The van der Waals surface area contributed by atoms with E-state index in [-0.39, 0.29) is 12.5 Å². The van der Waals surface area contributed by atoms with E-state index in [1.54, 1.807) is 25.1 Å². The van der Waals surface area contributed by atoms with E-state index in [9.17, 15) is 13.2 Å². The highest BCUT2D eigenvalue weighted by Gasteiger charge is 2.22. The number of nitrogens with zero attached hydrogens (tertiary/aromatic N) is 1. The van der Waals surface area contributed by atoms with Gasteiger partial charge in [0, 0.05) is 18.2 Å². The minimum atomic E-state index is -3.59. The lowest BCUT2D eigenvalue weighted by molar-refractivity contribution is -0.119. The zero-order chi connectivity index (χ0) is 19.2. The normalized spacial score (nSPS) is 15.2. The van der Waals surface area contributed by atoms with Gasteiger partial charge in [0.25, 0.3) is 0 Å². The quantitative estimate of drug-likeness (QED) is 0.644. The molecule has 1 amide bonds. The molecule has 2 rings (SSSR count). The van der Waals surface area contributed by atoms with Gasteiger partial charge in [-0.2, -0.15) is 0 Å². The number of aryl methyl sites for hydroxylation is 1. The number of amides is 1. The molecule has 0 heterocycles. The highest BCUT2D eigenvalue weighted by atomic mass is 35.5. The molecule has 1 N–H and O–H groups in total. The standard InChI is InChI=1S/C18H27ClN2O4S/c1-14-12-15(19)8-9-17(14)21(26(2,23)24)13-18(22)20-10-5-11-25-16-6-3-4-7-16/h8-9,12,16H,3-7,10-11,13H2,1-2H3,(H,20,22). The van der Waals surface area contributed by atoms with Crippen molar-refractivity contribution in [3.63, 3.8) is 0 Å². The maximum absolute atomic E-state index is 12.2. The fourth-order valence-corrected chi connectivity index (χ4v) is 4.21. The van der Waals surface area contributed by atoms with Crippen LogP contribution in [0.2, 0.25) is 5.02 Å². The maximum Gasteiger partial charge on any atom is 0.240 e. The van der Waals surface area contributed by atoms with Crippen LogP contribution in [0.25, 0.3) is 0 Å². The predicted molar refractivity (Wildman–Crippen MR) is 104 cm³/mol. The van der Waals surface area contributed by atoms with E-state index >= 15 is 0 Å². The van der Waals surface area contributed by atoms with Crippen LogP contribution < -0.4 is 9.62 Å². The third kappa shape index (κ3) is 6.45. The minimum Gasteiger partial charge on any atom is -0.378 e. The lowest BCUT2D eigenvalue weighted by Gasteiger charge is -2.23. The number of nitrogens with one attached hydrogen (secondary N) is 1. The average molecular weight is 403 g/mol. The summed E-state index contributed by atoms with van der Waals surface area (Å²) in [7, 11) is -3.59. The SMILES string of the molecule is Cc1cc(Cl)ccc1N(CC(=O)NCCCOC1CCCC1)S(C)(=O)=O. The van der Waals surface area contributed by atoms with Crippen LogP contribution in [-0.4, -0.2) is 46.4 Å². The van der Waals surface area contributed by atoms with Crippen molar-refractivity contribution in [1.82, 2.24) is 5.32 Å². The second-order valence-electron chi connectivity index (χ2n) is 6.68. The minimum absolute atomic E-state index is 0.259. The van der Waals surface area contributed by atoms with Gasteiger partial charge in [-0.15, -0.1) is 0 Å². The van der Waals surface area contributed by atoms with E-state index in [1.807, 2.05) is 0 Å². The zero-order valence-corrected chi connectivity index (χ0v) is 16.9. The number of anilines is 1. The number of sulfonamides is 1. The third-order valence-corrected chi connectivity index (χ3v) is 5.78. The molecule has 0 radical (unpaired) electrons. The van der Waals surface area contributed by atoms with Crippen LogP contribution in [0, 0.1) is 6.92 Å². The topological polar surface area (TPSA) is 75.7 Å². The van der Waals surface area contributed by atoms with Crippen LogP contribution in [0.3, 0.4) is 0 Å². The third-order valence-electron chi connectivity index (χ3n) is 4.41. The summed E-state index contributed by atoms with van der Waals surface area (Å²) in [5.41, 5.74) is 1.15. The van der Waals surface area contributed by atoms with Crippen LogP contribution in [-0.2, 0) is 19.6 Å². The molecular formula is C18H27ClN2O4S. The largest absolute Gasteiger partial charge is 0.378 e. The molecule has 0 unspecified atom stereocenters. The fourth-order valence-electron chi connectivity index (χ4n) is 3.07. The molecule has 1 fully saturated rings. The van der Waals surface area contributed by atoms with Crippen molar-refractivity contribution >= 4 is 33.2 Å². The van der Waals surface area contributed by atoms with Gasteiger partial charge in [0.15, 0.2) is 0 Å². The summed E-state index contributed by atoms with van der Waals surface area (Å²) in [6.45, 7) is 2.57. The summed E-state index contributed by atoms with van der Waals surface area (Å²) >= 11 is 5.93.